The number of nitrogens with zero attached hydrogens (tertiary/aromatic N) is 2. The summed E-state index contributed by atoms with van der Waals surface area (Å²) in [6.45, 7) is 0. The van der Waals surface area contributed by atoms with Crippen LogP contribution in [0.1, 0.15) is 0 Å². The molecule has 0 saturated carbocycles. The molecule has 2 aromatic rings. The average molecular weight is 257 g/mol. The van der Waals surface area contributed by atoms with E-state index in [1.165, 1.54) is 0 Å². The number of hydrogen-bond acceptors (Lipinski definition) is 4. The summed E-state index contributed by atoms with van der Waals surface area (Å²) in [7, 11) is 1.57. The van der Waals surface area contributed by atoms with E-state index in [4.69, 9.17) is 10.6 Å². The van der Waals surface area contributed by atoms with Crippen LogP contribution < -0.4 is 21.3 Å². The molecule has 0 spiro atoms. The molecule has 0 bridgehead atoms. The summed E-state index contributed by atoms with van der Waals surface area (Å²) in [5.74, 6) is 6.41. The number of anilines is 1. The molecule has 98 valence electrons. The molecule has 1 heterocycles. The minimum Gasteiger partial charge on any atom is -0.481 e. The lowest BCUT2D eigenvalue weighted by molar-refractivity contribution is 0.398. The minimum absolute atomic E-state index is 0.429. The summed E-state index contributed by atoms with van der Waals surface area (Å²) in [6.07, 6.45) is 1.64. The van der Waals surface area contributed by atoms with Crippen LogP contribution in [0.4, 0.5) is 11.4 Å². The van der Waals surface area contributed by atoms with Gasteiger partial charge in [0.1, 0.15) is 0 Å². The van der Waals surface area contributed by atoms with E-state index in [-0.39, 0.29) is 0 Å². The SMILES string of the molecule is COc1ccc(NC(=Nc2ccccc2)NN)cn1. The molecule has 0 atom stereocenters. The molecule has 0 aliphatic rings. The summed E-state index contributed by atoms with van der Waals surface area (Å²) < 4.78 is 4.99. The fraction of sp³-hybridized carbons (Fsp3) is 0.0769. The topological polar surface area (TPSA) is 84.6 Å². The van der Waals surface area contributed by atoms with Crippen LogP contribution in [0.2, 0.25) is 0 Å². The van der Waals surface area contributed by atoms with E-state index in [0.717, 1.165) is 11.4 Å². The van der Waals surface area contributed by atoms with Crippen molar-refractivity contribution in [1.82, 2.24) is 10.4 Å². The number of hydrazine groups is 1. The largest absolute Gasteiger partial charge is 0.481 e. The van der Waals surface area contributed by atoms with Crippen molar-refractivity contribution in [2.24, 2.45) is 10.8 Å². The van der Waals surface area contributed by atoms with Gasteiger partial charge in [-0.25, -0.2) is 15.8 Å². The molecule has 2 rings (SSSR count). The first-order valence-electron chi connectivity index (χ1n) is 5.69. The number of nitrogens with two attached hydrogens (primary N) is 1. The van der Waals surface area contributed by atoms with Gasteiger partial charge in [0.05, 0.1) is 24.7 Å². The Bertz CT molecular complexity index is 539. The van der Waals surface area contributed by atoms with Gasteiger partial charge >= 0.3 is 0 Å². The number of rotatable bonds is 3. The number of ether oxygens (including phenoxy) is 1. The molecule has 1 aromatic heterocycles. The third kappa shape index (κ3) is 3.68. The van der Waals surface area contributed by atoms with Gasteiger partial charge in [-0.3, -0.25) is 5.43 Å². The van der Waals surface area contributed by atoms with E-state index in [2.05, 4.69) is 20.7 Å². The summed E-state index contributed by atoms with van der Waals surface area (Å²) in [6, 6.07) is 13.1. The van der Waals surface area contributed by atoms with Crippen LogP contribution in [0.3, 0.4) is 0 Å². The van der Waals surface area contributed by atoms with Crippen LogP contribution in [0.25, 0.3) is 0 Å². The van der Waals surface area contributed by atoms with Crippen molar-refractivity contribution >= 4 is 17.3 Å². The second-order valence-electron chi connectivity index (χ2n) is 3.65. The van der Waals surface area contributed by atoms with Gasteiger partial charge in [0.15, 0.2) is 0 Å². The number of methoxy groups -OCH3 is 1. The predicted octanol–water partition coefficient (Wildman–Crippen LogP) is 1.65. The molecular formula is C13H15N5O. The highest BCUT2D eigenvalue weighted by atomic mass is 16.5. The Hall–Kier alpha value is -2.60. The summed E-state index contributed by atoms with van der Waals surface area (Å²) >= 11 is 0. The van der Waals surface area contributed by atoms with Gasteiger partial charge in [0.2, 0.25) is 11.8 Å². The zero-order valence-electron chi connectivity index (χ0n) is 10.5. The van der Waals surface area contributed by atoms with Crippen LogP contribution in [-0.2, 0) is 0 Å². The molecule has 4 N–H and O–H groups in total. The van der Waals surface area contributed by atoms with Gasteiger partial charge in [-0.05, 0) is 18.2 Å². The number of benzene rings is 1. The van der Waals surface area contributed by atoms with E-state index in [1.807, 2.05) is 36.4 Å². The molecule has 0 fully saturated rings. The number of aromatic nitrogens is 1. The zero-order chi connectivity index (χ0) is 13.5. The molecule has 0 radical (unpaired) electrons. The number of hydrogen-bond donors (Lipinski definition) is 3. The van der Waals surface area contributed by atoms with Crippen molar-refractivity contribution in [1.29, 1.82) is 0 Å². The fourth-order valence-electron chi connectivity index (χ4n) is 1.44. The van der Waals surface area contributed by atoms with Crippen LogP contribution >= 0.6 is 0 Å². The number of aliphatic imine (C=N–C) groups is 1. The Labute approximate surface area is 111 Å². The van der Waals surface area contributed by atoms with Crippen molar-refractivity contribution in [2.75, 3.05) is 12.4 Å². The normalized spacial score (nSPS) is 10.9. The smallest absolute Gasteiger partial charge is 0.215 e. The molecule has 0 saturated heterocycles. The van der Waals surface area contributed by atoms with Gasteiger partial charge < -0.3 is 10.1 Å². The highest BCUT2D eigenvalue weighted by Crippen LogP contribution is 2.13. The van der Waals surface area contributed by atoms with Crippen molar-refractivity contribution in [3.05, 3.63) is 48.7 Å². The number of nitrogens with one attached hydrogen (secondary N) is 2. The maximum Gasteiger partial charge on any atom is 0.215 e. The monoisotopic (exact) mass is 257 g/mol. The molecule has 1 aromatic carbocycles. The molecule has 0 amide bonds. The van der Waals surface area contributed by atoms with Crippen LogP contribution in [-0.4, -0.2) is 18.1 Å². The third-order valence-electron chi connectivity index (χ3n) is 2.34. The molecule has 19 heavy (non-hydrogen) atoms. The van der Waals surface area contributed by atoms with E-state index in [0.29, 0.717) is 11.8 Å². The second kappa shape index (κ2) is 6.36. The van der Waals surface area contributed by atoms with Crippen molar-refractivity contribution in [2.45, 2.75) is 0 Å². The first-order valence-corrected chi connectivity index (χ1v) is 5.69. The Balaban J connectivity index is 2.12. The second-order valence-corrected chi connectivity index (χ2v) is 3.65. The molecule has 0 unspecified atom stereocenters. The Morgan fingerprint density at radius 2 is 2.00 bits per heavy atom. The lowest BCUT2D eigenvalue weighted by Crippen LogP contribution is -2.36. The Kier molecular flexibility index (Phi) is 4.30. The predicted molar refractivity (Wildman–Crippen MR) is 75.3 cm³/mol. The standard InChI is InChI=1S/C13H15N5O/c1-19-12-8-7-11(9-15-12)17-13(18-14)16-10-5-3-2-4-6-10/h2-9H,14H2,1H3,(H2,16,17,18). The number of pyridine rings is 1. The molecular weight excluding hydrogens is 242 g/mol. The van der Waals surface area contributed by atoms with Gasteiger partial charge in [-0.15, -0.1) is 0 Å². The lowest BCUT2D eigenvalue weighted by atomic mass is 10.3. The lowest BCUT2D eigenvalue weighted by Gasteiger charge is -2.09. The molecule has 6 heteroatoms. The summed E-state index contributed by atoms with van der Waals surface area (Å²) in [4.78, 5) is 8.41. The van der Waals surface area contributed by atoms with E-state index >= 15 is 0 Å². The van der Waals surface area contributed by atoms with Gasteiger partial charge in [0.25, 0.3) is 0 Å². The van der Waals surface area contributed by atoms with Gasteiger partial charge in [0, 0.05) is 6.07 Å². The third-order valence-corrected chi connectivity index (χ3v) is 2.34. The maximum absolute atomic E-state index is 5.44. The molecule has 0 aliphatic heterocycles. The van der Waals surface area contributed by atoms with E-state index in [1.54, 1.807) is 19.4 Å². The molecule has 6 nitrogen and oxygen atoms in total. The Morgan fingerprint density at radius 3 is 2.58 bits per heavy atom. The highest BCUT2D eigenvalue weighted by Gasteiger charge is 2.00. The summed E-state index contributed by atoms with van der Waals surface area (Å²) in [5.41, 5.74) is 4.06. The van der Waals surface area contributed by atoms with Crippen LogP contribution in [0.5, 0.6) is 5.88 Å². The quantitative estimate of drug-likeness (QED) is 0.337. The molecule has 0 aliphatic carbocycles. The van der Waals surface area contributed by atoms with Crippen LogP contribution in [0, 0.1) is 0 Å². The fourth-order valence-corrected chi connectivity index (χ4v) is 1.44. The number of guanidine groups is 1. The first kappa shape index (κ1) is 12.8. The average Bonchev–Trinajstić information content (AvgIpc) is 2.48. The van der Waals surface area contributed by atoms with E-state index < -0.39 is 0 Å². The summed E-state index contributed by atoms with van der Waals surface area (Å²) in [5, 5.41) is 3.02. The van der Waals surface area contributed by atoms with Crippen molar-refractivity contribution < 1.29 is 4.74 Å². The number of para-hydroxylation sites is 1. The highest BCUT2D eigenvalue weighted by molar-refractivity contribution is 5.94. The van der Waals surface area contributed by atoms with Crippen molar-refractivity contribution in [3.8, 4) is 5.88 Å². The Morgan fingerprint density at radius 1 is 1.21 bits per heavy atom. The minimum atomic E-state index is 0.429. The van der Waals surface area contributed by atoms with Crippen molar-refractivity contribution in [3.63, 3.8) is 0 Å². The van der Waals surface area contributed by atoms with Gasteiger partial charge in [-0.2, -0.15) is 0 Å². The maximum atomic E-state index is 5.44. The first-order chi connectivity index (χ1) is 9.31. The zero-order valence-corrected chi connectivity index (χ0v) is 10.5. The van der Waals surface area contributed by atoms with Crippen LogP contribution in [0.15, 0.2) is 53.7 Å². The van der Waals surface area contributed by atoms with E-state index in [9.17, 15) is 0 Å². The van der Waals surface area contributed by atoms with Gasteiger partial charge in [-0.1, -0.05) is 18.2 Å².